The van der Waals surface area contributed by atoms with Crippen LogP contribution in [0.4, 0.5) is 0 Å². The molecule has 1 heterocycles. The van der Waals surface area contributed by atoms with Crippen LogP contribution in [-0.4, -0.2) is 63.3 Å². The van der Waals surface area contributed by atoms with Gasteiger partial charge < -0.3 is 20.1 Å². The predicted molar refractivity (Wildman–Crippen MR) is 123 cm³/mol. The molecule has 2 atom stereocenters. The van der Waals surface area contributed by atoms with Gasteiger partial charge in [-0.1, -0.05) is 18.6 Å². The normalized spacial score (nSPS) is 19.0. The van der Waals surface area contributed by atoms with Crippen LogP contribution in [-0.2, 0) is 0 Å². The Kier molecular flexibility index (Phi) is 11.5. The molecule has 1 aliphatic rings. The van der Waals surface area contributed by atoms with Crippen molar-refractivity contribution in [1.29, 1.82) is 0 Å². The van der Waals surface area contributed by atoms with Crippen molar-refractivity contribution in [1.82, 2.24) is 15.5 Å². The predicted octanol–water partition coefficient (Wildman–Crippen LogP) is 3.12. The summed E-state index contributed by atoms with van der Waals surface area (Å²) in [5, 5.41) is 6.73. The highest BCUT2D eigenvalue weighted by molar-refractivity contribution is 14.0. The molecule has 6 nitrogen and oxygen atoms in total. The molecule has 0 saturated carbocycles. The summed E-state index contributed by atoms with van der Waals surface area (Å²) < 4.78 is 11.3. The fourth-order valence-electron chi connectivity index (χ4n) is 3.24. The Hall–Kier alpha value is -1.22. The van der Waals surface area contributed by atoms with Crippen molar-refractivity contribution in [3.05, 3.63) is 24.3 Å². The van der Waals surface area contributed by atoms with Gasteiger partial charge in [-0.3, -0.25) is 9.89 Å². The maximum atomic E-state index is 5.97. The first kappa shape index (κ1) is 23.8. The Balaban J connectivity index is 0.00000364. The lowest BCUT2D eigenvalue weighted by atomic mass is 10.0. The van der Waals surface area contributed by atoms with Crippen LogP contribution in [0.5, 0.6) is 11.5 Å². The highest BCUT2D eigenvalue weighted by atomic mass is 127. The van der Waals surface area contributed by atoms with Gasteiger partial charge in [0.25, 0.3) is 0 Å². The quantitative estimate of drug-likeness (QED) is 0.333. The van der Waals surface area contributed by atoms with Crippen molar-refractivity contribution in [2.75, 3.05) is 40.3 Å². The number of likely N-dealkylation sites (tertiary alicyclic amines) is 1. The van der Waals surface area contributed by atoms with E-state index in [1.54, 1.807) is 14.2 Å². The highest BCUT2D eigenvalue weighted by Gasteiger charge is 2.17. The van der Waals surface area contributed by atoms with Crippen molar-refractivity contribution in [2.24, 2.45) is 4.99 Å². The molecule has 2 rings (SSSR count). The van der Waals surface area contributed by atoms with E-state index in [-0.39, 0.29) is 30.1 Å². The van der Waals surface area contributed by atoms with Crippen LogP contribution in [0.1, 0.15) is 33.1 Å². The number of piperidine rings is 1. The Morgan fingerprint density at radius 3 is 2.67 bits per heavy atom. The van der Waals surface area contributed by atoms with Crippen LogP contribution in [0, 0.1) is 0 Å². The molecule has 0 radical (unpaired) electrons. The second-order valence-electron chi connectivity index (χ2n) is 6.84. The molecule has 0 aliphatic carbocycles. The molecule has 0 aromatic heterocycles. The zero-order valence-corrected chi connectivity index (χ0v) is 19.4. The van der Waals surface area contributed by atoms with E-state index in [9.17, 15) is 0 Å². The van der Waals surface area contributed by atoms with Gasteiger partial charge in [-0.15, -0.1) is 24.0 Å². The number of guanidine groups is 1. The Morgan fingerprint density at radius 1 is 1.26 bits per heavy atom. The summed E-state index contributed by atoms with van der Waals surface area (Å²) in [6.07, 6.45) is 3.98. The van der Waals surface area contributed by atoms with E-state index in [1.807, 2.05) is 31.2 Å². The van der Waals surface area contributed by atoms with Gasteiger partial charge in [-0.25, -0.2) is 0 Å². The van der Waals surface area contributed by atoms with Gasteiger partial charge in [0.05, 0.1) is 13.7 Å². The van der Waals surface area contributed by atoms with Crippen molar-refractivity contribution in [3.8, 4) is 11.5 Å². The molecule has 1 aromatic rings. The summed E-state index contributed by atoms with van der Waals surface area (Å²) in [5.74, 6) is 2.31. The van der Waals surface area contributed by atoms with Crippen LogP contribution in [0.15, 0.2) is 29.3 Å². The number of methoxy groups -OCH3 is 1. The number of benzene rings is 1. The molecule has 1 saturated heterocycles. The number of ether oxygens (including phenoxy) is 2. The van der Waals surface area contributed by atoms with E-state index in [4.69, 9.17) is 9.47 Å². The zero-order chi connectivity index (χ0) is 18.8. The second kappa shape index (κ2) is 13.0. The molecular weight excluding hydrogens is 455 g/mol. The molecule has 2 N–H and O–H groups in total. The molecule has 0 spiro atoms. The lowest BCUT2D eigenvalue weighted by Gasteiger charge is -2.33. The van der Waals surface area contributed by atoms with Crippen molar-refractivity contribution in [3.63, 3.8) is 0 Å². The average Bonchev–Trinajstić information content (AvgIpc) is 2.66. The summed E-state index contributed by atoms with van der Waals surface area (Å²) >= 11 is 0. The molecule has 0 bridgehead atoms. The van der Waals surface area contributed by atoms with E-state index in [0.717, 1.165) is 30.5 Å². The van der Waals surface area contributed by atoms with E-state index in [0.29, 0.717) is 12.6 Å². The molecular formula is C20H35IN4O2. The highest BCUT2D eigenvalue weighted by Crippen LogP contribution is 2.26. The first-order chi connectivity index (χ1) is 12.6. The third kappa shape index (κ3) is 8.13. The fourth-order valence-corrected chi connectivity index (χ4v) is 3.24. The number of nitrogens with one attached hydrogen (secondary N) is 2. The van der Waals surface area contributed by atoms with Gasteiger partial charge in [0.1, 0.15) is 6.10 Å². The topological polar surface area (TPSA) is 58.1 Å². The first-order valence-corrected chi connectivity index (χ1v) is 9.62. The molecule has 1 aromatic carbocycles. The standard InChI is InChI=1S/C20H34N4O2.HI/c1-16-9-7-8-13-24(16)14-12-22-20(21-3)23-15-17(2)26-19-11-6-5-10-18(19)25-4;/h5-6,10-11,16-17H,7-9,12-15H2,1-4H3,(H2,21,22,23);1H. The minimum atomic E-state index is -0.00744. The van der Waals surface area contributed by atoms with Gasteiger partial charge in [-0.2, -0.15) is 0 Å². The fraction of sp³-hybridized carbons (Fsp3) is 0.650. The molecule has 2 unspecified atom stereocenters. The van der Waals surface area contributed by atoms with Crippen LogP contribution in [0.25, 0.3) is 0 Å². The smallest absolute Gasteiger partial charge is 0.191 e. The summed E-state index contributed by atoms with van der Waals surface area (Å²) in [4.78, 5) is 6.85. The molecule has 1 fully saturated rings. The third-order valence-corrected chi connectivity index (χ3v) is 4.81. The van der Waals surface area contributed by atoms with Crippen LogP contribution >= 0.6 is 24.0 Å². The molecule has 154 valence electrons. The molecule has 27 heavy (non-hydrogen) atoms. The summed E-state index contributed by atoms with van der Waals surface area (Å²) in [6, 6.07) is 8.39. The summed E-state index contributed by atoms with van der Waals surface area (Å²) in [6.45, 7) is 8.17. The number of para-hydroxylation sites is 2. The monoisotopic (exact) mass is 490 g/mol. The number of rotatable bonds is 8. The van der Waals surface area contributed by atoms with Crippen molar-refractivity contribution >= 4 is 29.9 Å². The largest absolute Gasteiger partial charge is 0.493 e. The Bertz CT molecular complexity index is 571. The number of hydrogen-bond acceptors (Lipinski definition) is 4. The minimum absolute atomic E-state index is 0. The van der Waals surface area contributed by atoms with Gasteiger partial charge in [-0.05, 0) is 45.4 Å². The van der Waals surface area contributed by atoms with E-state index in [1.165, 1.54) is 25.8 Å². The maximum absolute atomic E-state index is 5.97. The number of halogens is 1. The van der Waals surface area contributed by atoms with E-state index in [2.05, 4.69) is 27.4 Å². The Labute approximate surface area is 181 Å². The molecule has 0 amide bonds. The van der Waals surface area contributed by atoms with Crippen LogP contribution in [0.2, 0.25) is 0 Å². The lowest BCUT2D eigenvalue weighted by molar-refractivity contribution is 0.163. The number of aliphatic imine (C=N–C) groups is 1. The summed E-state index contributed by atoms with van der Waals surface area (Å²) in [7, 11) is 3.45. The Morgan fingerprint density at radius 2 is 2.00 bits per heavy atom. The molecule has 7 heteroatoms. The van der Waals surface area contributed by atoms with E-state index >= 15 is 0 Å². The third-order valence-electron chi connectivity index (χ3n) is 4.81. The van der Waals surface area contributed by atoms with Crippen LogP contribution < -0.4 is 20.1 Å². The lowest BCUT2D eigenvalue weighted by Crippen LogP contribution is -2.46. The first-order valence-electron chi connectivity index (χ1n) is 9.62. The van der Waals surface area contributed by atoms with Gasteiger partial charge >= 0.3 is 0 Å². The van der Waals surface area contributed by atoms with E-state index < -0.39 is 0 Å². The van der Waals surface area contributed by atoms with Crippen molar-refractivity contribution < 1.29 is 9.47 Å². The minimum Gasteiger partial charge on any atom is -0.493 e. The summed E-state index contributed by atoms with van der Waals surface area (Å²) in [5.41, 5.74) is 0. The van der Waals surface area contributed by atoms with Gasteiger partial charge in [0, 0.05) is 26.2 Å². The zero-order valence-electron chi connectivity index (χ0n) is 17.0. The SMILES string of the molecule is CN=C(NCCN1CCCCC1C)NCC(C)Oc1ccccc1OC.I. The average molecular weight is 490 g/mol. The van der Waals surface area contributed by atoms with Crippen LogP contribution in [0.3, 0.4) is 0 Å². The van der Waals surface area contributed by atoms with Gasteiger partial charge in [0.2, 0.25) is 0 Å². The molecule has 1 aliphatic heterocycles. The van der Waals surface area contributed by atoms with Gasteiger partial charge in [0.15, 0.2) is 17.5 Å². The maximum Gasteiger partial charge on any atom is 0.191 e. The van der Waals surface area contributed by atoms with Crippen molar-refractivity contribution in [2.45, 2.75) is 45.3 Å². The number of hydrogen-bond donors (Lipinski definition) is 2. The number of nitrogens with zero attached hydrogens (tertiary/aromatic N) is 2. The second-order valence-corrected chi connectivity index (χ2v) is 6.84.